The highest BCUT2D eigenvalue weighted by molar-refractivity contribution is 5.78. The zero-order valence-electron chi connectivity index (χ0n) is 24.4. The van der Waals surface area contributed by atoms with Gasteiger partial charge in [0.2, 0.25) is 5.91 Å². The molecule has 4 rings (SSSR count). The van der Waals surface area contributed by atoms with Gasteiger partial charge in [-0.1, -0.05) is 36.4 Å². The molecule has 12 heteroatoms. The summed E-state index contributed by atoms with van der Waals surface area (Å²) in [6, 6.07) is 19.0. The van der Waals surface area contributed by atoms with Crippen LogP contribution in [0.25, 0.3) is 5.69 Å². The Bertz CT molecular complexity index is 1360. The van der Waals surface area contributed by atoms with E-state index in [1.165, 1.54) is 11.9 Å². The van der Waals surface area contributed by atoms with E-state index in [9.17, 15) is 25.2 Å². The van der Waals surface area contributed by atoms with E-state index in [1.807, 2.05) is 66.9 Å². The van der Waals surface area contributed by atoms with Gasteiger partial charge >= 0.3 is 0 Å². The molecule has 0 saturated carbocycles. The molecule has 4 unspecified atom stereocenters. The Kier molecular flexibility index (Phi) is 11.4. The van der Waals surface area contributed by atoms with Crippen LogP contribution in [0.2, 0.25) is 0 Å². The lowest BCUT2D eigenvalue weighted by molar-refractivity contribution is -0.135. The van der Waals surface area contributed by atoms with Crippen molar-refractivity contribution < 1.29 is 25.2 Å². The number of carbonyl (C=O) groups is 1. The van der Waals surface area contributed by atoms with E-state index in [2.05, 4.69) is 25.2 Å². The van der Waals surface area contributed by atoms with E-state index >= 15 is 0 Å². The summed E-state index contributed by atoms with van der Waals surface area (Å²) in [5.41, 5.74) is 4.21. The highest BCUT2D eigenvalue weighted by atomic mass is 16.4. The molecule has 4 atom stereocenters. The molecular formula is C31H39N7O5. The first kappa shape index (κ1) is 31.9. The number of hydrogen-bond donors (Lipinski definition) is 4. The zero-order valence-corrected chi connectivity index (χ0v) is 24.4. The van der Waals surface area contributed by atoms with E-state index in [-0.39, 0.29) is 25.3 Å². The Morgan fingerprint density at radius 1 is 0.814 bits per heavy atom. The predicted octanol–water partition coefficient (Wildman–Crippen LogP) is 1.11. The average molecular weight is 590 g/mol. The fourth-order valence-corrected chi connectivity index (χ4v) is 4.60. The van der Waals surface area contributed by atoms with Gasteiger partial charge in [-0.05, 0) is 48.4 Å². The molecule has 43 heavy (non-hydrogen) atoms. The summed E-state index contributed by atoms with van der Waals surface area (Å²) in [6.07, 6.45) is 0.0842. The molecule has 1 aromatic carbocycles. The molecule has 0 saturated heterocycles. The highest BCUT2D eigenvalue weighted by Gasteiger charge is 2.30. The molecule has 228 valence electrons. The minimum atomic E-state index is -1.57. The molecule has 3 heterocycles. The number of hydrogen-bond acceptors (Lipinski definition) is 10. The van der Waals surface area contributed by atoms with Gasteiger partial charge in [-0.15, -0.1) is 5.10 Å². The van der Waals surface area contributed by atoms with E-state index < -0.39 is 24.4 Å². The summed E-state index contributed by atoms with van der Waals surface area (Å²) >= 11 is 0. The number of pyridine rings is 2. The molecule has 0 spiro atoms. The van der Waals surface area contributed by atoms with Crippen molar-refractivity contribution in [2.75, 3.05) is 13.6 Å². The summed E-state index contributed by atoms with van der Waals surface area (Å²) < 4.78 is 1.68. The van der Waals surface area contributed by atoms with Crippen LogP contribution in [0.15, 0.2) is 79.3 Å². The lowest BCUT2D eigenvalue weighted by Gasteiger charge is -2.29. The first-order chi connectivity index (χ1) is 20.7. The monoisotopic (exact) mass is 589 g/mol. The van der Waals surface area contributed by atoms with Gasteiger partial charge < -0.3 is 25.3 Å². The number of benzene rings is 1. The normalized spacial score (nSPS) is 14.3. The molecule has 4 aromatic rings. The van der Waals surface area contributed by atoms with Crippen molar-refractivity contribution in [1.29, 1.82) is 0 Å². The third kappa shape index (κ3) is 9.21. The molecule has 12 nitrogen and oxygen atoms in total. The number of carbonyl (C=O) groups excluding carboxylic acids is 1. The van der Waals surface area contributed by atoms with E-state index in [1.54, 1.807) is 24.0 Å². The van der Waals surface area contributed by atoms with Crippen molar-refractivity contribution in [2.24, 2.45) is 0 Å². The standard InChI is InChI=1S/C31H39N7O5/c1-3-27(39)30(42)31(43)28(40)21-36(2)29(41)16-22-10-12-26(13-11-22)38-20-25(34-35-38)19-37(17-23-8-4-6-14-32-23)18-24-9-5-7-15-33-24/h4-15,20,27-28,30-31,39-40,42-43H,3,16-19,21H2,1-2H3. The number of nitrogens with zero attached hydrogens (tertiary/aromatic N) is 7. The summed E-state index contributed by atoms with van der Waals surface area (Å²) in [5.74, 6) is -0.270. The predicted molar refractivity (Wildman–Crippen MR) is 158 cm³/mol. The van der Waals surface area contributed by atoms with Crippen molar-refractivity contribution >= 4 is 5.91 Å². The molecule has 0 aliphatic heterocycles. The Morgan fingerprint density at radius 2 is 1.40 bits per heavy atom. The molecule has 0 fully saturated rings. The Hall–Kier alpha value is -4.07. The van der Waals surface area contributed by atoms with E-state index in [0.29, 0.717) is 19.6 Å². The van der Waals surface area contributed by atoms with Gasteiger partial charge in [0.1, 0.15) is 18.3 Å². The minimum Gasteiger partial charge on any atom is -0.390 e. The van der Waals surface area contributed by atoms with Gasteiger partial charge in [-0.25, -0.2) is 4.68 Å². The number of aliphatic hydroxyl groups excluding tert-OH is 4. The largest absolute Gasteiger partial charge is 0.390 e. The minimum absolute atomic E-state index is 0.0817. The van der Waals surface area contributed by atoms with Crippen molar-refractivity contribution in [3.05, 3.63) is 102 Å². The second-order valence-corrected chi connectivity index (χ2v) is 10.6. The topological polar surface area (TPSA) is 161 Å². The molecule has 0 aliphatic carbocycles. The fraction of sp³-hybridized carbons (Fsp3) is 0.387. The van der Waals surface area contributed by atoms with E-state index in [4.69, 9.17) is 0 Å². The van der Waals surface area contributed by atoms with Crippen LogP contribution in [0, 0.1) is 0 Å². The lowest BCUT2D eigenvalue weighted by atomic mass is 10.0. The lowest BCUT2D eigenvalue weighted by Crippen LogP contribution is -2.49. The Balaban J connectivity index is 1.35. The van der Waals surface area contributed by atoms with Crippen LogP contribution in [-0.2, 0) is 30.8 Å². The number of amides is 1. The van der Waals surface area contributed by atoms with Crippen LogP contribution in [0.1, 0.15) is 36.0 Å². The highest BCUT2D eigenvalue weighted by Crippen LogP contribution is 2.15. The van der Waals surface area contributed by atoms with Gasteiger partial charge in [0.05, 0.1) is 41.5 Å². The molecule has 4 N–H and O–H groups in total. The van der Waals surface area contributed by atoms with Crippen molar-refractivity contribution in [3.63, 3.8) is 0 Å². The third-order valence-electron chi connectivity index (χ3n) is 7.15. The number of rotatable bonds is 15. The second kappa shape index (κ2) is 15.4. The number of aromatic nitrogens is 5. The fourth-order valence-electron chi connectivity index (χ4n) is 4.60. The van der Waals surface area contributed by atoms with Crippen LogP contribution in [0.3, 0.4) is 0 Å². The van der Waals surface area contributed by atoms with Crippen molar-refractivity contribution in [1.82, 2.24) is 34.8 Å². The summed E-state index contributed by atoms with van der Waals surface area (Å²) in [5, 5.41) is 48.7. The summed E-state index contributed by atoms with van der Waals surface area (Å²) in [6.45, 7) is 3.25. The molecule has 1 amide bonds. The van der Waals surface area contributed by atoms with Crippen LogP contribution in [-0.4, -0.2) is 99.1 Å². The first-order valence-electron chi connectivity index (χ1n) is 14.2. The van der Waals surface area contributed by atoms with Gasteiger partial charge in [0, 0.05) is 45.6 Å². The molecule has 0 aliphatic rings. The van der Waals surface area contributed by atoms with Gasteiger partial charge in [-0.2, -0.15) is 0 Å². The van der Waals surface area contributed by atoms with Gasteiger partial charge in [0.25, 0.3) is 0 Å². The molecular weight excluding hydrogens is 550 g/mol. The average Bonchev–Trinajstić information content (AvgIpc) is 3.49. The number of aliphatic hydroxyl groups is 4. The number of likely N-dealkylation sites (N-methyl/N-ethyl adjacent to an activating group) is 1. The van der Waals surface area contributed by atoms with Crippen molar-refractivity contribution in [3.8, 4) is 5.69 Å². The van der Waals surface area contributed by atoms with E-state index in [0.717, 1.165) is 28.3 Å². The Labute approximate surface area is 250 Å². The zero-order chi connectivity index (χ0) is 30.8. The van der Waals surface area contributed by atoms with Crippen LogP contribution < -0.4 is 0 Å². The molecule has 0 bridgehead atoms. The maximum atomic E-state index is 12.7. The quantitative estimate of drug-likeness (QED) is 0.158. The van der Waals surface area contributed by atoms with Gasteiger partial charge in [-0.3, -0.25) is 19.7 Å². The molecule has 0 radical (unpaired) electrons. The maximum absolute atomic E-state index is 12.7. The van der Waals surface area contributed by atoms with Gasteiger partial charge in [0.15, 0.2) is 0 Å². The maximum Gasteiger partial charge on any atom is 0.226 e. The summed E-state index contributed by atoms with van der Waals surface area (Å²) in [4.78, 5) is 25.1. The third-order valence-corrected chi connectivity index (χ3v) is 7.15. The Morgan fingerprint density at radius 3 is 1.95 bits per heavy atom. The SMILES string of the molecule is CCC(O)C(O)C(O)C(O)CN(C)C(=O)Cc1ccc(-n2cc(CN(Cc3ccccn3)Cc3ccccn3)nn2)cc1. The second-order valence-electron chi connectivity index (χ2n) is 10.6. The summed E-state index contributed by atoms with van der Waals surface area (Å²) in [7, 11) is 1.51. The molecule has 3 aromatic heterocycles. The van der Waals surface area contributed by atoms with Crippen molar-refractivity contribution in [2.45, 2.75) is 63.8 Å². The smallest absolute Gasteiger partial charge is 0.226 e. The van der Waals surface area contributed by atoms with Crippen LogP contribution >= 0.6 is 0 Å². The first-order valence-corrected chi connectivity index (χ1v) is 14.2. The van der Waals surface area contributed by atoms with Crippen LogP contribution in [0.4, 0.5) is 0 Å². The van der Waals surface area contributed by atoms with Crippen LogP contribution in [0.5, 0.6) is 0 Å².